The van der Waals surface area contributed by atoms with Crippen molar-refractivity contribution in [2.45, 2.75) is 39.8 Å². The molecule has 5 heteroatoms. The molecule has 0 saturated carbocycles. The third kappa shape index (κ3) is 2.98. The average molecular weight is 248 g/mol. The second kappa shape index (κ2) is 5.82. The summed E-state index contributed by atoms with van der Waals surface area (Å²) < 4.78 is 7.26. The average Bonchev–Trinajstić information content (AvgIpc) is 2.95. The van der Waals surface area contributed by atoms with Crippen LogP contribution < -0.4 is 5.32 Å². The number of nitrogens with zero attached hydrogens (tertiary/aromatic N) is 3. The van der Waals surface area contributed by atoms with Crippen LogP contribution in [0.25, 0.3) is 0 Å². The van der Waals surface area contributed by atoms with Crippen LogP contribution in [0.5, 0.6) is 0 Å². The minimum Gasteiger partial charge on any atom is -0.361 e. The SMILES string of the molecule is Cc1noc(C)c1C(C)NCCCn1ccnc1. The van der Waals surface area contributed by atoms with E-state index in [0.29, 0.717) is 0 Å². The van der Waals surface area contributed by atoms with Gasteiger partial charge in [0.05, 0.1) is 12.0 Å². The third-order valence-electron chi connectivity index (χ3n) is 3.12. The second-order valence-corrected chi connectivity index (χ2v) is 4.57. The Morgan fingerprint density at radius 1 is 1.44 bits per heavy atom. The van der Waals surface area contributed by atoms with Crippen LogP contribution in [0, 0.1) is 13.8 Å². The molecular formula is C13H20N4O. The molecule has 2 aromatic heterocycles. The monoisotopic (exact) mass is 248 g/mol. The molecular weight excluding hydrogens is 228 g/mol. The number of aryl methyl sites for hydroxylation is 3. The van der Waals surface area contributed by atoms with Crippen LogP contribution in [-0.4, -0.2) is 21.3 Å². The predicted octanol–water partition coefficient (Wildman–Crippen LogP) is 2.23. The van der Waals surface area contributed by atoms with E-state index in [1.165, 1.54) is 5.56 Å². The summed E-state index contributed by atoms with van der Waals surface area (Å²) in [6.07, 6.45) is 6.71. The van der Waals surface area contributed by atoms with E-state index < -0.39 is 0 Å². The summed E-state index contributed by atoms with van der Waals surface area (Å²) >= 11 is 0. The van der Waals surface area contributed by atoms with E-state index in [0.717, 1.165) is 31.0 Å². The Hall–Kier alpha value is -1.62. The molecule has 0 radical (unpaired) electrons. The maximum absolute atomic E-state index is 5.18. The van der Waals surface area contributed by atoms with E-state index in [4.69, 9.17) is 4.52 Å². The van der Waals surface area contributed by atoms with Crippen molar-refractivity contribution >= 4 is 0 Å². The van der Waals surface area contributed by atoms with E-state index in [1.807, 2.05) is 26.4 Å². The standard InChI is InChI=1S/C13H20N4O/c1-10(13-11(2)16-18-12(13)3)15-5-4-7-17-8-6-14-9-17/h6,8-10,15H,4-5,7H2,1-3H3. The molecule has 0 aliphatic heterocycles. The molecule has 2 aromatic rings. The van der Waals surface area contributed by atoms with Gasteiger partial charge in [-0.25, -0.2) is 4.98 Å². The number of aromatic nitrogens is 3. The van der Waals surface area contributed by atoms with Crippen LogP contribution in [0.3, 0.4) is 0 Å². The normalized spacial score (nSPS) is 12.8. The summed E-state index contributed by atoms with van der Waals surface area (Å²) in [5, 5.41) is 7.47. The zero-order valence-corrected chi connectivity index (χ0v) is 11.2. The predicted molar refractivity (Wildman–Crippen MR) is 69.2 cm³/mol. The number of hydrogen-bond acceptors (Lipinski definition) is 4. The van der Waals surface area contributed by atoms with Gasteiger partial charge in [-0.15, -0.1) is 0 Å². The maximum Gasteiger partial charge on any atom is 0.138 e. The van der Waals surface area contributed by atoms with E-state index in [-0.39, 0.29) is 6.04 Å². The lowest BCUT2D eigenvalue weighted by atomic mass is 10.1. The van der Waals surface area contributed by atoms with Crippen LogP contribution in [0.2, 0.25) is 0 Å². The highest BCUT2D eigenvalue weighted by Gasteiger charge is 2.15. The summed E-state index contributed by atoms with van der Waals surface area (Å²) in [6, 6.07) is 0.277. The Labute approximate surface area is 107 Å². The lowest BCUT2D eigenvalue weighted by molar-refractivity contribution is 0.390. The first-order valence-corrected chi connectivity index (χ1v) is 6.30. The molecule has 2 heterocycles. The first-order chi connectivity index (χ1) is 8.68. The zero-order chi connectivity index (χ0) is 13.0. The molecule has 0 spiro atoms. The van der Waals surface area contributed by atoms with Gasteiger partial charge in [0.15, 0.2) is 0 Å². The van der Waals surface area contributed by atoms with Crippen molar-refractivity contribution in [3.8, 4) is 0 Å². The van der Waals surface area contributed by atoms with E-state index in [1.54, 1.807) is 6.20 Å². The third-order valence-corrected chi connectivity index (χ3v) is 3.12. The first kappa shape index (κ1) is 12.8. The second-order valence-electron chi connectivity index (χ2n) is 4.57. The molecule has 0 aromatic carbocycles. The van der Waals surface area contributed by atoms with Crippen LogP contribution in [0.15, 0.2) is 23.2 Å². The highest BCUT2D eigenvalue weighted by Crippen LogP contribution is 2.20. The van der Waals surface area contributed by atoms with Crippen LogP contribution in [0.1, 0.15) is 36.4 Å². The summed E-state index contributed by atoms with van der Waals surface area (Å²) in [5.41, 5.74) is 2.15. The van der Waals surface area contributed by atoms with Crippen molar-refractivity contribution < 1.29 is 4.52 Å². The molecule has 1 atom stereocenters. The smallest absolute Gasteiger partial charge is 0.138 e. The quantitative estimate of drug-likeness (QED) is 0.796. The lowest BCUT2D eigenvalue weighted by Crippen LogP contribution is -2.21. The van der Waals surface area contributed by atoms with Gasteiger partial charge in [-0.2, -0.15) is 0 Å². The van der Waals surface area contributed by atoms with Crippen LogP contribution in [0.4, 0.5) is 0 Å². The van der Waals surface area contributed by atoms with Gasteiger partial charge in [0.25, 0.3) is 0 Å². The fraction of sp³-hybridized carbons (Fsp3) is 0.538. The van der Waals surface area contributed by atoms with Gasteiger partial charge in [-0.3, -0.25) is 0 Å². The maximum atomic E-state index is 5.18. The Balaban J connectivity index is 1.77. The summed E-state index contributed by atoms with van der Waals surface area (Å²) in [5.74, 6) is 0.905. The molecule has 0 aliphatic rings. The molecule has 98 valence electrons. The first-order valence-electron chi connectivity index (χ1n) is 6.30. The molecule has 0 amide bonds. The molecule has 0 aliphatic carbocycles. The summed E-state index contributed by atoms with van der Waals surface area (Å²) in [6.45, 7) is 8.03. The van der Waals surface area contributed by atoms with E-state index >= 15 is 0 Å². The number of nitrogens with one attached hydrogen (secondary N) is 1. The summed E-state index contributed by atoms with van der Waals surface area (Å²) in [7, 11) is 0. The topological polar surface area (TPSA) is 55.9 Å². The van der Waals surface area contributed by atoms with Crippen molar-refractivity contribution in [1.82, 2.24) is 20.0 Å². The minimum absolute atomic E-state index is 0.277. The van der Waals surface area contributed by atoms with E-state index in [2.05, 4.69) is 26.9 Å². The van der Waals surface area contributed by atoms with Gasteiger partial charge in [0.2, 0.25) is 0 Å². The fourth-order valence-electron chi connectivity index (χ4n) is 2.21. The van der Waals surface area contributed by atoms with Crippen molar-refractivity contribution in [3.63, 3.8) is 0 Å². The van der Waals surface area contributed by atoms with Gasteiger partial charge < -0.3 is 14.4 Å². The molecule has 5 nitrogen and oxygen atoms in total. The molecule has 2 rings (SSSR count). The highest BCUT2D eigenvalue weighted by molar-refractivity contribution is 5.24. The largest absolute Gasteiger partial charge is 0.361 e. The molecule has 1 unspecified atom stereocenters. The number of hydrogen-bond donors (Lipinski definition) is 1. The van der Waals surface area contributed by atoms with Gasteiger partial charge >= 0.3 is 0 Å². The molecule has 1 N–H and O–H groups in total. The molecule has 0 fully saturated rings. The Kier molecular flexibility index (Phi) is 4.15. The van der Waals surface area contributed by atoms with Crippen molar-refractivity contribution in [3.05, 3.63) is 35.7 Å². The van der Waals surface area contributed by atoms with Gasteiger partial charge in [0, 0.05) is 30.5 Å². The van der Waals surface area contributed by atoms with E-state index in [9.17, 15) is 0 Å². The van der Waals surface area contributed by atoms with Crippen molar-refractivity contribution in [2.75, 3.05) is 6.54 Å². The Morgan fingerprint density at radius 2 is 2.28 bits per heavy atom. The van der Waals surface area contributed by atoms with Crippen molar-refractivity contribution in [1.29, 1.82) is 0 Å². The number of imidazole rings is 1. The highest BCUT2D eigenvalue weighted by atomic mass is 16.5. The van der Waals surface area contributed by atoms with Crippen LogP contribution in [-0.2, 0) is 6.54 Å². The number of rotatable bonds is 6. The lowest BCUT2D eigenvalue weighted by Gasteiger charge is -2.13. The summed E-state index contributed by atoms with van der Waals surface area (Å²) in [4.78, 5) is 4.02. The fourth-order valence-corrected chi connectivity index (χ4v) is 2.21. The molecule has 18 heavy (non-hydrogen) atoms. The van der Waals surface area contributed by atoms with Crippen molar-refractivity contribution in [2.24, 2.45) is 0 Å². The van der Waals surface area contributed by atoms with Gasteiger partial charge in [0.1, 0.15) is 5.76 Å². The van der Waals surface area contributed by atoms with Gasteiger partial charge in [-0.05, 0) is 33.7 Å². The van der Waals surface area contributed by atoms with Gasteiger partial charge in [-0.1, -0.05) is 5.16 Å². The molecule has 0 bridgehead atoms. The van der Waals surface area contributed by atoms with Crippen LogP contribution >= 0.6 is 0 Å². The minimum atomic E-state index is 0.277. The Bertz CT molecular complexity index is 456. The Morgan fingerprint density at radius 3 is 2.89 bits per heavy atom. The molecule has 0 saturated heterocycles. The zero-order valence-electron chi connectivity index (χ0n) is 11.2.